The van der Waals surface area contributed by atoms with Crippen LogP contribution in [0, 0.1) is 0 Å². The molecule has 0 bridgehead atoms. The van der Waals surface area contributed by atoms with Crippen molar-refractivity contribution in [2.75, 3.05) is 0 Å². The van der Waals surface area contributed by atoms with E-state index in [-0.39, 0.29) is 5.41 Å². The maximum absolute atomic E-state index is 2.40. The van der Waals surface area contributed by atoms with Gasteiger partial charge in [-0.15, -0.1) is 0 Å². The highest BCUT2D eigenvalue weighted by Crippen LogP contribution is 2.49. The molecule has 0 heterocycles. The van der Waals surface area contributed by atoms with Crippen molar-refractivity contribution in [3.8, 4) is 0 Å². The third kappa shape index (κ3) is 1.91. The van der Waals surface area contributed by atoms with Crippen molar-refractivity contribution in [3.63, 3.8) is 0 Å². The number of fused-ring (bicyclic) bond motifs is 1. The van der Waals surface area contributed by atoms with Crippen LogP contribution in [-0.2, 0) is 11.8 Å². The summed E-state index contributed by atoms with van der Waals surface area (Å²) >= 11 is 0. The van der Waals surface area contributed by atoms with Crippen LogP contribution in [0.5, 0.6) is 0 Å². The molecule has 0 N–H and O–H groups in total. The van der Waals surface area contributed by atoms with Crippen molar-refractivity contribution in [2.24, 2.45) is 0 Å². The molecule has 20 heavy (non-hydrogen) atoms. The molecule has 0 saturated carbocycles. The third-order valence-electron chi connectivity index (χ3n) is 4.75. The van der Waals surface area contributed by atoms with E-state index < -0.39 is 0 Å². The van der Waals surface area contributed by atoms with Crippen LogP contribution in [0.2, 0.25) is 0 Å². The molecular formula is C20H22. The Kier molecular flexibility index (Phi) is 3.25. The molecule has 0 aromatic heterocycles. The maximum atomic E-state index is 2.40. The number of hydrogen-bond donors (Lipinski definition) is 0. The van der Waals surface area contributed by atoms with E-state index in [0.29, 0.717) is 0 Å². The first kappa shape index (κ1) is 13.2. The van der Waals surface area contributed by atoms with E-state index in [1.54, 1.807) is 5.57 Å². The molecule has 2 aromatic rings. The number of rotatable bonds is 2. The average Bonchev–Trinajstić information content (AvgIpc) is 2.81. The van der Waals surface area contributed by atoms with Gasteiger partial charge in [0, 0.05) is 5.41 Å². The van der Waals surface area contributed by atoms with E-state index in [2.05, 4.69) is 75.4 Å². The van der Waals surface area contributed by atoms with Gasteiger partial charge in [0.2, 0.25) is 0 Å². The van der Waals surface area contributed by atoms with Gasteiger partial charge < -0.3 is 0 Å². The standard InChI is InChI=1S/C20H22/c1-4-15(2)19-18-13-9-8-10-16(18)14-20(19,3)17-11-6-5-7-12-17/h5-13H,4,14H2,1-3H3/b19-15-. The van der Waals surface area contributed by atoms with Crippen LogP contribution in [0.1, 0.15) is 43.9 Å². The Labute approximate surface area is 122 Å². The summed E-state index contributed by atoms with van der Waals surface area (Å²) in [6.45, 7) is 6.95. The van der Waals surface area contributed by atoms with Gasteiger partial charge in [0.1, 0.15) is 0 Å². The summed E-state index contributed by atoms with van der Waals surface area (Å²) in [5, 5.41) is 0. The Hall–Kier alpha value is -1.82. The maximum Gasteiger partial charge on any atom is 0.0220 e. The highest BCUT2D eigenvalue weighted by molar-refractivity contribution is 5.83. The zero-order valence-corrected chi connectivity index (χ0v) is 12.6. The average molecular weight is 262 g/mol. The topological polar surface area (TPSA) is 0 Å². The summed E-state index contributed by atoms with van der Waals surface area (Å²) in [7, 11) is 0. The van der Waals surface area contributed by atoms with Gasteiger partial charge in [0.15, 0.2) is 0 Å². The van der Waals surface area contributed by atoms with Gasteiger partial charge in [0.25, 0.3) is 0 Å². The summed E-state index contributed by atoms with van der Waals surface area (Å²) < 4.78 is 0. The van der Waals surface area contributed by atoms with Gasteiger partial charge in [-0.3, -0.25) is 0 Å². The van der Waals surface area contributed by atoms with E-state index in [1.165, 1.54) is 22.3 Å². The molecule has 0 aliphatic heterocycles. The highest BCUT2D eigenvalue weighted by Gasteiger charge is 2.39. The number of hydrogen-bond acceptors (Lipinski definition) is 0. The Morgan fingerprint density at radius 2 is 1.65 bits per heavy atom. The first-order valence-electron chi connectivity index (χ1n) is 7.51. The second kappa shape index (κ2) is 4.94. The molecule has 0 amide bonds. The van der Waals surface area contributed by atoms with Gasteiger partial charge in [-0.25, -0.2) is 0 Å². The van der Waals surface area contributed by atoms with Crippen LogP contribution in [0.3, 0.4) is 0 Å². The first-order chi connectivity index (χ1) is 9.66. The lowest BCUT2D eigenvalue weighted by Gasteiger charge is -2.29. The number of allylic oxidation sites excluding steroid dienone is 2. The quantitative estimate of drug-likeness (QED) is 0.681. The van der Waals surface area contributed by atoms with Crippen LogP contribution < -0.4 is 0 Å². The predicted molar refractivity (Wildman–Crippen MR) is 86.8 cm³/mol. The normalized spacial score (nSPS) is 23.6. The SMILES string of the molecule is CC/C(C)=C1/c2ccccc2CC1(C)c1ccccc1. The van der Waals surface area contributed by atoms with Crippen molar-refractivity contribution in [1.82, 2.24) is 0 Å². The lowest BCUT2D eigenvalue weighted by molar-refractivity contribution is 0.633. The Morgan fingerprint density at radius 1 is 1.00 bits per heavy atom. The molecule has 0 nitrogen and oxygen atoms in total. The summed E-state index contributed by atoms with van der Waals surface area (Å²) in [5.41, 5.74) is 7.55. The predicted octanol–water partition coefficient (Wildman–Crippen LogP) is 5.38. The van der Waals surface area contributed by atoms with Gasteiger partial charge in [-0.1, -0.05) is 74.0 Å². The van der Waals surface area contributed by atoms with Gasteiger partial charge in [0.05, 0.1) is 0 Å². The molecule has 0 radical (unpaired) electrons. The molecule has 0 fully saturated rings. The fourth-order valence-electron chi connectivity index (χ4n) is 3.61. The lowest BCUT2D eigenvalue weighted by Crippen LogP contribution is -2.22. The smallest absolute Gasteiger partial charge is 0.0220 e. The molecule has 0 spiro atoms. The minimum absolute atomic E-state index is 0.116. The van der Waals surface area contributed by atoms with Crippen molar-refractivity contribution in [3.05, 3.63) is 76.9 Å². The van der Waals surface area contributed by atoms with Crippen molar-refractivity contribution in [2.45, 2.75) is 39.0 Å². The summed E-state index contributed by atoms with van der Waals surface area (Å²) in [4.78, 5) is 0. The molecule has 0 heteroatoms. The molecular weight excluding hydrogens is 240 g/mol. The van der Waals surface area contributed by atoms with Gasteiger partial charge >= 0.3 is 0 Å². The Balaban J connectivity index is 2.24. The van der Waals surface area contributed by atoms with Crippen molar-refractivity contribution in [1.29, 1.82) is 0 Å². The largest absolute Gasteiger partial charge is 0.0689 e. The van der Waals surface area contributed by atoms with Crippen LogP contribution in [0.25, 0.3) is 5.57 Å². The molecule has 2 aromatic carbocycles. The van der Waals surface area contributed by atoms with Crippen molar-refractivity contribution < 1.29 is 0 Å². The van der Waals surface area contributed by atoms with E-state index in [0.717, 1.165) is 12.8 Å². The summed E-state index contributed by atoms with van der Waals surface area (Å²) in [6, 6.07) is 19.9. The fourth-order valence-corrected chi connectivity index (χ4v) is 3.61. The molecule has 102 valence electrons. The molecule has 1 aliphatic rings. The van der Waals surface area contributed by atoms with Crippen molar-refractivity contribution >= 4 is 5.57 Å². The van der Waals surface area contributed by atoms with E-state index in [9.17, 15) is 0 Å². The number of benzene rings is 2. The monoisotopic (exact) mass is 262 g/mol. The minimum atomic E-state index is 0.116. The fraction of sp³-hybridized carbons (Fsp3) is 0.300. The van der Waals surface area contributed by atoms with Crippen LogP contribution in [0.4, 0.5) is 0 Å². The molecule has 1 unspecified atom stereocenters. The van der Waals surface area contributed by atoms with E-state index >= 15 is 0 Å². The Bertz CT molecular complexity index is 649. The summed E-state index contributed by atoms with van der Waals surface area (Å²) in [6.07, 6.45) is 2.23. The molecule has 3 rings (SSSR count). The zero-order valence-electron chi connectivity index (χ0n) is 12.6. The van der Waals surface area contributed by atoms with E-state index in [1.807, 2.05) is 0 Å². The van der Waals surface area contributed by atoms with Gasteiger partial charge in [-0.05, 0) is 42.0 Å². The second-order valence-corrected chi connectivity index (χ2v) is 6.04. The summed E-state index contributed by atoms with van der Waals surface area (Å²) in [5.74, 6) is 0. The van der Waals surface area contributed by atoms with E-state index in [4.69, 9.17) is 0 Å². The molecule has 0 saturated heterocycles. The first-order valence-corrected chi connectivity index (χ1v) is 7.51. The highest BCUT2D eigenvalue weighted by atomic mass is 14.4. The van der Waals surface area contributed by atoms with Crippen LogP contribution in [0.15, 0.2) is 60.2 Å². The van der Waals surface area contributed by atoms with Crippen LogP contribution >= 0.6 is 0 Å². The third-order valence-corrected chi connectivity index (χ3v) is 4.75. The second-order valence-electron chi connectivity index (χ2n) is 6.04. The molecule has 1 atom stereocenters. The minimum Gasteiger partial charge on any atom is -0.0689 e. The van der Waals surface area contributed by atoms with Crippen LogP contribution in [-0.4, -0.2) is 0 Å². The zero-order chi connectivity index (χ0) is 14.2. The van der Waals surface area contributed by atoms with Gasteiger partial charge in [-0.2, -0.15) is 0 Å². The Morgan fingerprint density at radius 3 is 2.35 bits per heavy atom. The lowest BCUT2D eigenvalue weighted by atomic mass is 9.74. The molecule has 1 aliphatic carbocycles.